The zero-order chi connectivity index (χ0) is 15.3. The van der Waals surface area contributed by atoms with Gasteiger partial charge in [0.1, 0.15) is 0 Å². The summed E-state index contributed by atoms with van der Waals surface area (Å²) < 4.78 is 23.2. The number of nitrogens with one attached hydrogen (secondary N) is 2. The van der Waals surface area contributed by atoms with E-state index in [4.69, 9.17) is 0 Å². The summed E-state index contributed by atoms with van der Waals surface area (Å²) in [6, 6.07) is -0.0409. The maximum Gasteiger partial charge on any atom is 0.221 e. The zero-order valence-electron chi connectivity index (χ0n) is 12.9. The van der Waals surface area contributed by atoms with Gasteiger partial charge in [-0.1, -0.05) is 25.7 Å². The molecule has 1 aliphatic heterocycles. The van der Waals surface area contributed by atoms with Gasteiger partial charge in [0.2, 0.25) is 5.91 Å². The van der Waals surface area contributed by atoms with Gasteiger partial charge in [0.15, 0.2) is 9.84 Å². The smallest absolute Gasteiger partial charge is 0.221 e. The fourth-order valence-electron chi connectivity index (χ4n) is 3.46. The van der Waals surface area contributed by atoms with E-state index in [-0.39, 0.29) is 35.9 Å². The van der Waals surface area contributed by atoms with Gasteiger partial charge < -0.3 is 10.6 Å². The predicted octanol–water partition coefficient (Wildman–Crippen LogP) is 1.24. The molecule has 122 valence electrons. The number of carbonyl (C=O) groups is 1. The number of carbonyl (C=O) groups excluding carboxylic acids is 1. The van der Waals surface area contributed by atoms with E-state index in [1.54, 1.807) is 0 Å². The van der Waals surface area contributed by atoms with Crippen molar-refractivity contribution in [3.05, 3.63) is 0 Å². The minimum absolute atomic E-state index is 0.0265. The van der Waals surface area contributed by atoms with Gasteiger partial charge >= 0.3 is 0 Å². The van der Waals surface area contributed by atoms with Gasteiger partial charge in [-0.25, -0.2) is 8.42 Å². The topological polar surface area (TPSA) is 75.3 Å². The van der Waals surface area contributed by atoms with E-state index in [0.29, 0.717) is 12.5 Å². The number of amides is 1. The molecule has 2 fully saturated rings. The molecule has 1 unspecified atom stereocenters. The lowest BCUT2D eigenvalue weighted by molar-refractivity contribution is -0.122. The first-order valence-corrected chi connectivity index (χ1v) is 10.0. The summed E-state index contributed by atoms with van der Waals surface area (Å²) in [5.41, 5.74) is 0. The van der Waals surface area contributed by atoms with Gasteiger partial charge in [0.05, 0.1) is 11.5 Å². The highest BCUT2D eigenvalue weighted by molar-refractivity contribution is 7.91. The van der Waals surface area contributed by atoms with Crippen molar-refractivity contribution >= 4 is 15.7 Å². The van der Waals surface area contributed by atoms with Gasteiger partial charge in [-0.3, -0.25) is 4.79 Å². The second-order valence-corrected chi connectivity index (χ2v) is 8.81. The van der Waals surface area contributed by atoms with E-state index in [2.05, 4.69) is 17.6 Å². The molecule has 0 aromatic carbocycles. The molecule has 0 aromatic rings. The van der Waals surface area contributed by atoms with E-state index in [1.165, 1.54) is 38.5 Å². The molecule has 2 N–H and O–H groups in total. The Hall–Kier alpha value is -0.620. The lowest BCUT2D eigenvalue weighted by atomic mass is 9.93. The Morgan fingerprint density at radius 2 is 1.90 bits per heavy atom. The first kappa shape index (κ1) is 16.7. The molecule has 0 bridgehead atoms. The summed E-state index contributed by atoms with van der Waals surface area (Å²) >= 11 is 0. The van der Waals surface area contributed by atoms with E-state index in [0.717, 1.165) is 0 Å². The summed E-state index contributed by atoms with van der Waals surface area (Å²) in [6.45, 7) is 2.54. The molecule has 1 heterocycles. The Morgan fingerprint density at radius 1 is 1.24 bits per heavy atom. The molecule has 6 heteroatoms. The fourth-order valence-corrected chi connectivity index (χ4v) is 4.91. The maximum atomic E-state index is 12.1. The predicted molar refractivity (Wildman–Crippen MR) is 83.9 cm³/mol. The van der Waals surface area contributed by atoms with Crippen LogP contribution in [0.5, 0.6) is 0 Å². The van der Waals surface area contributed by atoms with Gasteiger partial charge in [0, 0.05) is 25.0 Å². The van der Waals surface area contributed by atoms with Crippen molar-refractivity contribution in [1.82, 2.24) is 10.6 Å². The van der Waals surface area contributed by atoms with Crippen LogP contribution >= 0.6 is 0 Å². The van der Waals surface area contributed by atoms with Crippen molar-refractivity contribution in [2.45, 2.75) is 64.0 Å². The summed E-state index contributed by atoms with van der Waals surface area (Å²) in [7, 11) is -2.97. The SMILES string of the molecule is C[C@@H](NC(=O)CC1CS(=O)(=O)CCN1)C1CCCCCC1. The van der Waals surface area contributed by atoms with Crippen LogP contribution < -0.4 is 10.6 Å². The molecule has 0 spiro atoms. The van der Waals surface area contributed by atoms with Crippen molar-refractivity contribution in [2.75, 3.05) is 18.1 Å². The molecule has 0 aromatic heterocycles. The standard InChI is InChI=1S/C15H28N2O3S/c1-12(13-6-4-2-3-5-7-13)17-15(18)10-14-11-21(19,20)9-8-16-14/h12-14,16H,2-11H2,1H3,(H,17,18)/t12-,14?/m1/s1. The van der Waals surface area contributed by atoms with Crippen LogP contribution in [0, 0.1) is 5.92 Å². The van der Waals surface area contributed by atoms with Crippen LogP contribution in [0.25, 0.3) is 0 Å². The van der Waals surface area contributed by atoms with Gasteiger partial charge in [-0.05, 0) is 25.7 Å². The summed E-state index contributed by atoms with van der Waals surface area (Å²) in [5.74, 6) is 0.808. The van der Waals surface area contributed by atoms with Crippen LogP contribution in [0.1, 0.15) is 51.9 Å². The summed E-state index contributed by atoms with van der Waals surface area (Å²) in [6.07, 6.45) is 7.77. The lowest BCUT2D eigenvalue weighted by Crippen LogP contribution is -2.48. The minimum Gasteiger partial charge on any atom is -0.353 e. The van der Waals surface area contributed by atoms with E-state index < -0.39 is 9.84 Å². The summed E-state index contributed by atoms with van der Waals surface area (Å²) in [5, 5.41) is 6.21. The fraction of sp³-hybridized carbons (Fsp3) is 0.933. The van der Waals surface area contributed by atoms with Crippen LogP contribution in [0.2, 0.25) is 0 Å². The average Bonchev–Trinajstić information content (AvgIpc) is 2.65. The Kier molecular flexibility index (Phi) is 6.05. The van der Waals surface area contributed by atoms with Crippen molar-refractivity contribution < 1.29 is 13.2 Å². The van der Waals surface area contributed by atoms with Gasteiger partial charge in [0.25, 0.3) is 0 Å². The highest BCUT2D eigenvalue weighted by Gasteiger charge is 2.27. The largest absolute Gasteiger partial charge is 0.353 e. The molecule has 1 aliphatic carbocycles. The highest BCUT2D eigenvalue weighted by atomic mass is 32.2. The van der Waals surface area contributed by atoms with Crippen LogP contribution in [0.15, 0.2) is 0 Å². The molecule has 5 nitrogen and oxygen atoms in total. The Bertz CT molecular complexity index is 442. The first-order chi connectivity index (χ1) is 9.96. The Balaban J connectivity index is 1.78. The van der Waals surface area contributed by atoms with Gasteiger partial charge in [-0.15, -0.1) is 0 Å². The molecular formula is C15H28N2O3S. The normalized spacial score (nSPS) is 28.5. The first-order valence-electron chi connectivity index (χ1n) is 8.19. The summed E-state index contributed by atoms with van der Waals surface area (Å²) in [4.78, 5) is 12.1. The second kappa shape index (κ2) is 7.58. The van der Waals surface area contributed by atoms with E-state index in [1.807, 2.05) is 0 Å². The second-order valence-electron chi connectivity index (χ2n) is 6.58. The van der Waals surface area contributed by atoms with Crippen LogP contribution in [-0.4, -0.2) is 44.5 Å². The molecule has 21 heavy (non-hydrogen) atoms. The van der Waals surface area contributed by atoms with Crippen molar-refractivity contribution in [1.29, 1.82) is 0 Å². The molecule has 1 amide bonds. The minimum atomic E-state index is -2.97. The van der Waals surface area contributed by atoms with Crippen molar-refractivity contribution in [3.63, 3.8) is 0 Å². The maximum absolute atomic E-state index is 12.1. The van der Waals surface area contributed by atoms with E-state index >= 15 is 0 Å². The number of sulfone groups is 1. The van der Waals surface area contributed by atoms with E-state index in [9.17, 15) is 13.2 Å². The zero-order valence-corrected chi connectivity index (χ0v) is 13.8. The molecule has 2 aliphatic rings. The number of hydrogen-bond acceptors (Lipinski definition) is 4. The monoisotopic (exact) mass is 316 g/mol. The van der Waals surface area contributed by atoms with Crippen molar-refractivity contribution in [2.24, 2.45) is 5.92 Å². The molecule has 0 radical (unpaired) electrons. The van der Waals surface area contributed by atoms with Crippen LogP contribution in [0.4, 0.5) is 0 Å². The molecule has 2 atom stereocenters. The Labute approximate surface area is 128 Å². The third-order valence-electron chi connectivity index (χ3n) is 4.73. The molecule has 1 saturated carbocycles. The molecule has 1 saturated heterocycles. The van der Waals surface area contributed by atoms with Gasteiger partial charge in [-0.2, -0.15) is 0 Å². The third kappa shape index (κ3) is 5.58. The van der Waals surface area contributed by atoms with Crippen LogP contribution in [-0.2, 0) is 14.6 Å². The average molecular weight is 316 g/mol. The number of rotatable bonds is 4. The molecule has 2 rings (SSSR count). The van der Waals surface area contributed by atoms with Crippen molar-refractivity contribution in [3.8, 4) is 0 Å². The quantitative estimate of drug-likeness (QED) is 0.765. The highest BCUT2D eigenvalue weighted by Crippen LogP contribution is 2.25. The third-order valence-corrected chi connectivity index (χ3v) is 6.46. The Morgan fingerprint density at radius 3 is 2.52 bits per heavy atom. The lowest BCUT2D eigenvalue weighted by Gasteiger charge is -2.26. The van der Waals surface area contributed by atoms with Crippen LogP contribution in [0.3, 0.4) is 0 Å². The molecular weight excluding hydrogens is 288 g/mol. The number of hydrogen-bond donors (Lipinski definition) is 2.